The Hall–Kier alpha value is -3.48. The van der Waals surface area contributed by atoms with Crippen molar-refractivity contribution < 1.29 is 14.3 Å². The van der Waals surface area contributed by atoms with Crippen LogP contribution in [0.3, 0.4) is 0 Å². The molecule has 8 nitrogen and oxygen atoms in total. The molecule has 0 bridgehead atoms. The topological polar surface area (TPSA) is 106 Å². The van der Waals surface area contributed by atoms with Gasteiger partial charge in [-0.2, -0.15) is 10.2 Å². The summed E-state index contributed by atoms with van der Waals surface area (Å²) in [5.74, 6) is -0.130. The highest BCUT2D eigenvalue weighted by Gasteiger charge is 2.20. The molecule has 9 heteroatoms. The normalized spacial score (nSPS) is 16.0. The third-order valence-corrected chi connectivity index (χ3v) is 5.46. The van der Waals surface area contributed by atoms with E-state index in [1.54, 1.807) is 48.7 Å². The van der Waals surface area contributed by atoms with Crippen LogP contribution >= 0.6 is 15.9 Å². The van der Waals surface area contributed by atoms with Crippen molar-refractivity contribution in [3.8, 4) is 17.7 Å². The molecule has 0 saturated carbocycles. The molecule has 1 N–H and O–H groups in total. The molecule has 3 heterocycles. The second-order valence-corrected chi connectivity index (χ2v) is 8.05. The zero-order valence-electron chi connectivity index (χ0n) is 17.0. The fourth-order valence-electron chi connectivity index (χ4n) is 3.30. The number of pyridine rings is 1. The van der Waals surface area contributed by atoms with E-state index in [9.17, 15) is 14.9 Å². The first-order valence-corrected chi connectivity index (χ1v) is 10.8. The van der Waals surface area contributed by atoms with E-state index < -0.39 is 11.5 Å². The van der Waals surface area contributed by atoms with Crippen molar-refractivity contribution in [2.24, 2.45) is 0 Å². The summed E-state index contributed by atoms with van der Waals surface area (Å²) >= 11 is 3.36. The van der Waals surface area contributed by atoms with Gasteiger partial charge in [0.15, 0.2) is 0 Å². The molecule has 0 radical (unpaired) electrons. The number of nitriles is 1. The van der Waals surface area contributed by atoms with Gasteiger partial charge in [-0.05, 0) is 55.3 Å². The quantitative estimate of drug-likeness (QED) is 0.415. The second-order valence-electron chi connectivity index (χ2n) is 7.14. The molecule has 1 unspecified atom stereocenters. The summed E-state index contributed by atoms with van der Waals surface area (Å²) in [6.45, 7) is 0.965. The van der Waals surface area contributed by atoms with Crippen molar-refractivity contribution in [3.05, 3.63) is 74.6 Å². The molecule has 4 rings (SSSR count). The van der Waals surface area contributed by atoms with Crippen LogP contribution in [0.25, 0.3) is 11.7 Å². The lowest BCUT2D eigenvalue weighted by Gasteiger charge is -2.11. The molecule has 1 aromatic carbocycles. The van der Waals surface area contributed by atoms with Gasteiger partial charge in [0.1, 0.15) is 28.6 Å². The number of ether oxygens (including phenoxy) is 2. The molecule has 1 aliphatic heterocycles. The number of carbonyl (C=O) groups excluding carboxylic acids is 1. The van der Waals surface area contributed by atoms with Gasteiger partial charge in [0, 0.05) is 23.8 Å². The predicted molar refractivity (Wildman–Crippen MR) is 121 cm³/mol. The van der Waals surface area contributed by atoms with Crippen LogP contribution in [0.4, 0.5) is 0 Å². The van der Waals surface area contributed by atoms with Crippen LogP contribution in [0, 0.1) is 11.3 Å². The number of halogens is 1. The second kappa shape index (κ2) is 9.77. The third kappa shape index (κ3) is 4.88. The van der Waals surface area contributed by atoms with Crippen molar-refractivity contribution in [2.45, 2.75) is 18.9 Å². The average molecular weight is 495 g/mol. The monoisotopic (exact) mass is 494 g/mol. The highest BCUT2D eigenvalue weighted by Crippen LogP contribution is 2.25. The Bertz CT molecular complexity index is 1270. The molecule has 3 aromatic rings. The van der Waals surface area contributed by atoms with Crippen LogP contribution < -0.4 is 15.6 Å². The smallest absolute Gasteiger partial charge is 0.269 e. The highest BCUT2D eigenvalue weighted by atomic mass is 79.9. The number of benzene rings is 1. The number of hydrogen-bond acceptors (Lipinski definition) is 6. The molecule has 32 heavy (non-hydrogen) atoms. The lowest BCUT2D eigenvalue weighted by molar-refractivity contribution is -0.117. The van der Waals surface area contributed by atoms with Gasteiger partial charge in [0.05, 0.1) is 6.10 Å². The number of amides is 1. The molecule has 1 amide bonds. The van der Waals surface area contributed by atoms with Crippen LogP contribution in [0.5, 0.6) is 11.6 Å². The summed E-state index contributed by atoms with van der Waals surface area (Å²) in [5, 5.41) is 12.3. The van der Waals surface area contributed by atoms with Gasteiger partial charge >= 0.3 is 0 Å². The van der Waals surface area contributed by atoms with Crippen molar-refractivity contribution >= 4 is 33.6 Å². The minimum absolute atomic E-state index is 0.000403. The third-order valence-electron chi connectivity index (χ3n) is 4.93. The van der Waals surface area contributed by atoms with Crippen LogP contribution in [0.1, 0.15) is 18.4 Å². The summed E-state index contributed by atoms with van der Waals surface area (Å²) in [6.07, 6.45) is 4.51. The van der Waals surface area contributed by atoms with E-state index >= 15 is 0 Å². The summed E-state index contributed by atoms with van der Waals surface area (Å²) in [5.41, 5.74) is -0.302. The molecular weight excluding hydrogens is 476 g/mol. The van der Waals surface area contributed by atoms with Crippen molar-refractivity contribution in [3.63, 3.8) is 0 Å². The summed E-state index contributed by atoms with van der Waals surface area (Å²) in [7, 11) is 0. The Morgan fingerprint density at radius 3 is 2.88 bits per heavy atom. The van der Waals surface area contributed by atoms with E-state index in [1.807, 2.05) is 6.07 Å². The Morgan fingerprint density at radius 2 is 2.16 bits per heavy atom. The maximum atomic E-state index is 13.2. The average Bonchev–Trinajstić information content (AvgIpc) is 3.33. The summed E-state index contributed by atoms with van der Waals surface area (Å²) in [4.78, 5) is 30.2. The minimum atomic E-state index is -0.588. The van der Waals surface area contributed by atoms with Gasteiger partial charge in [0.25, 0.3) is 11.5 Å². The molecule has 1 aliphatic rings. The lowest BCUT2D eigenvalue weighted by atomic mass is 10.1. The van der Waals surface area contributed by atoms with Crippen LogP contribution in [0.15, 0.2) is 63.5 Å². The standard InChI is InChI=1S/C23H19BrN4O4/c24-16-6-8-17(9-7-16)32-22-19(23(30)28-10-2-1-5-20(28)27-22)12-15(13-25)21(29)26-14-18-4-3-11-31-18/h1-2,5-10,12,18H,3-4,11,14H2,(H,26,29)/b15-12+. The van der Waals surface area contributed by atoms with Gasteiger partial charge in [-0.3, -0.25) is 14.0 Å². The summed E-state index contributed by atoms with van der Waals surface area (Å²) in [6, 6.07) is 14.0. The van der Waals surface area contributed by atoms with E-state index in [4.69, 9.17) is 9.47 Å². The van der Waals surface area contributed by atoms with E-state index in [2.05, 4.69) is 26.2 Å². The fourth-order valence-corrected chi connectivity index (χ4v) is 3.56. The highest BCUT2D eigenvalue weighted by molar-refractivity contribution is 9.10. The van der Waals surface area contributed by atoms with E-state index in [0.717, 1.165) is 17.3 Å². The Kier molecular flexibility index (Phi) is 6.63. The molecule has 162 valence electrons. The number of nitrogens with zero attached hydrogens (tertiary/aromatic N) is 3. The molecular formula is C23H19BrN4O4. The maximum Gasteiger partial charge on any atom is 0.269 e. The molecule has 1 fully saturated rings. The zero-order valence-corrected chi connectivity index (χ0v) is 18.5. The van der Waals surface area contributed by atoms with Crippen LogP contribution in [-0.4, -0.2) is 34.5 Å². The Morgan fingerprint density at radius 1 is 1.34 bits per heavy atom. The maximum absolute atomic E-state index is 13.2. The Labute approximate surface area is 192 Å². The fraction of sp³-hybridized carbons (Fsp3) is 0.217. The Balaban J connectivity index is 1.72. The van der Waals surface area contributed by atoms with Crippen LogP contribution in [0.2, 0.25) is 0 Å². The van der Waals surface area contributed by atoms with Gasteiger partial charge in [-0.15, -0.1) is 0 Å². The molecule has 2 aromatic heterocycles. The zero-order chi connectivity index (χ0) is 22.5. The van der Waals surface area contributed by atoms with Crippen molar-refractivity contribution in [2.75, 3.05) is 13.2 Å². The molecule has 1 atom stereocenters. The van der Waals surface area contributed by atoms with E-state index in [-0.39, 0.29) is 23.1 Å². The van der Waals surface area contributed by atoms with Crippen molar-refractivity contribution in [1.29, 1.82) is 5.26 Å². The molecule has 0 spiro atoms. The number of hydrogen-bond donors (Lipinski definition) is 1. The van der Waals surface area contributed by atoms with Gasteiger partial charge in [-0.1, -0.05) is 22.0 Å². The summed E-state index contributed by atoms with van der Waals surface area (Å²) < 4.78 is 13.6. The first-order chi connectivity index (χ1) is 15.5. The first kappa shape index (κ1) is 21.7. The lowest BCUT2D eigenvalue weighted by Crippen LogP contribution is -2.32. The van der Waals surface area contributed by atoms with E-state index in [0.29, 0.717) is 24.5 Å². The minimum Gasteiger partial charge on any atom is -0.438 e. The number of fused-ring (bicyclic) bond motifs is 1. The van der Waals surface area contributed by atoms with Gasteiger partial charge < -0.3 is 14.8 Å². The largest absolute Gasteiger partial charge is 0.438 e. The number of nitrogens with one attached hydrogen (secondary N) is 1. The first-order valence-electron chi connectivity index (χ1n) is 10.0. The molecule has 0 aliphatic carbocycles. The number of aromatic nitrogens is 2. The predicted octanol–water partition coefficient (Wildman–Crippen LogP) is 3.45. The van der Waals surface area contributed by atoms with Gasteiger partial charge in [-0.25, -0.2) is 0 Å². The number of carbonyl (C=O) groups is 1. The van der Waals surface area contributed by atoms with Crippen LogP contribution in [-0.2, 0) is 9.53 Å². The van der Waals surface area contributed by atoms with E-state index in [1.165, 1.54) is 10.5 Å². The van der Waals surface area contributed by atoms with Gasteiger partial charge in [0.2, 0.25) is 5.88 Å². The SMILES string of the molecule is N#C/C(=C\c1c(Oc2ccc(Br)cc2)nc2ccccn2c1=O)C(=O)NCC1CCCO1. The number of rotatable bonds is 6. The van der Waals surface area contributed by atoms with Crippen molar-refractivity contribution in [1.82, 2.24) is 14.7 Å². The molecule has 1 saturated heterocycles.